The summed E-state index contributed by atoms with van der Waals surface area (Å²) in [5, 5.41) is 3.12. The third-order valence-corrected chi connectivity index (χ3v) is 3.37. The molecule has 2 aromatic rings. The Balaban J connectivity index is 2.14. The highest BCUT2D eigenvalue weighted by Gasteiger charge is 2.16. The van der Waals surface area contributed by atoms with Gasteiger partial charge in [-0.3, -0.25) is 4.79 Å². The zero-order valence-corrected chi connectivity index (χ0v) is 13.5. The van der Waals surface area contributed by atoms with Crippen molar-refractivity contribution in [2.45, 2.75) is 26.8 Å². The third-order valence-electron chi connectivity index (χ3n) is 3.10. The number of aryl methyl sites for hydroxylation is 1. The van der Waals surface area contributed by atoms with Crippen molar-refractivity contribution in [1.29, 1.82) is 0 Å². The molecule has 0 radical (unpaired) electrons. The van der Waals surface area contributed by atoms with Gasteiger partial charge in [0, 0.05) is 0 Å². The van der Waals surface area contributed by atoms with Crippen LogP contribution in [0.5, 0.6) is 5.75 Å². The lowest BCUT2D eigenvalue weighted by molar-refractivity contribution is 0.0934. The lowest BCUT2D eigenvalue weighted by atomic mass is 10.1. The number of halogens is 1. The van der Waals surface area contributed by atoms with Gasteiger partial charge in [-0.25, -0.2) is 9.97 Å². The van der Waals surface area contributed by atoms with Crippen molar-refractivity contribution >= 4 is 17.5 Å². The van der Waals surface area contributed by atoms with Crippen LogP contribution in [0.3, 0.4) is 0 Å². The fourth-order valence-electron chi connectivity index (χ4n) is 2.00. The van der Waals surface area contributed by atoms with E-state index in [1.165, 1.54) is 6.20 Å². The first-order valence-corrected chi connectivity index (χ1v) is 7.41. The summed E-state index contributed by atoms with van der Waals surface area (Å²) in [6.45, 7) is 6.13. The summed E-state index contributed by atoms with van der Waals surface area (Å²) in [7, 11) is 0. The number of nitrogens with one attached hydrogen (secondary N) is 1. The van der Waals surface area contributed by atoms with Crippen LogP contribution in [0.1, 0.15) is 41.8 Å². The zero-order chi connectivity index (χ0) is 16.1. The highest BCUT2D eigenvalue weighted by atomic mass is 35.5. The average Bonchev–Trinajstić information content (AvgIpc) is 2.50. The van der Waals surface area contributed by atoms with E-state index in [2.05, 4.69) is 15.3 Å². The van der Waals surface area contributed by atoms with Crippen LogP contribution in [0.25, 0.3) is 0 Å². The molecule has 116 valence electrons. The Morgan fingerprint density at radius 2 is 2.23 bits per heavy atom. The normalized spacial score (nSPS) is 11.8. The first-order valence-electron chi connectivity index (χ1n) is 7.04. The molecule has 22 heavy (non-hydrogen) atoms. The Kier molecular flexibility index (Phi) is 5.33. The highest BCUT2D eigenvalue weighted by molar-refractivity contribution is 6.33. The van der Waals surface area contributed by atoms with Crippen LogP contribution in [-0.4, -0.2) is 22.5 Å². The van der Waals surface area contributed by atoms with Gasteiger partial charge in [0.2, 0.25) is 0 Å². The number of rotatable bonds is 5. The summed E-state index contributed by atoms with van der Waals surface area (Å²) in [5.41, 5.74) is 1.13. The molecule has 5 nitrogen and oxygen atoms in total. The molecule has 1 aromatic heterocycles. The third kappa shape index (κ3) is 3.95. The topological polar surface area (TPSA) is 64.1 Å². The average molecular weight is 320 g/mol. The second-order valence-electron chi connectivity index (χ2n) is 4.81. The SMILES string of the molecule is CCOc1cccc(C(C)NC(=O)c2nc(C)ncc2Cl)c1. The maximum Gasteiger partial charge on any atom is 0.272 e. The van der Waals surface area contributed by atoms with Crippen molar-refractivity contribution in [2.24, 2.45) is 0 Å². The van der Waals surface area contributed by atoms with Gasteiger partial charge in [0.1, 0.15) is 17.3 Å². The minimum Gasteiger partial charge on any atom is -0.494 e. The molecule has 0 aliphatic heterocycles. The molecule has 0 aliphatic rings. The molecule has 1 amide bonds. The van der Waals surface area contributed by atoms with E-state index in [0.29, 0.717) is 12.4 Å². The van der Waals surface area contributed by atoms with Crippen molar-refractivity contribution in [3.05, 3.63) is 52.6 Å². The van der Waals surface area contributed by atoms with Crippen molar-refractivity contribution in [2.75, 3.05) is 6.61 Å². The molecule has 2 rings (SSSR count). The van der Waals surface area contributed by atoms with E-state index < -0.39 is 0 Å². The van der Waals surface area contributed by atoms with Crippen molar-refractivity contribution in [1.82, 2.24) is 15.3 Å². The van der Waals surface area contributed by atoms with Gasteiger partial charge in [-0.05, 0) is 38.5 Å². The molecule has 6 heteroatoms. The summed E-state index contributed by atoms with van der Waals surface area (Å²) in [6, 6.07) is 7.41. The molecule has 0 aliphatic carbocycles. The second-order valence-corrected chi connectivity index (χ2v) is 5.22. The van der Waals surface area contributed by atoms with Gasteiger partial charge in [0.15, 0.2) is 0 Å². The van der Waals surface area contributed by atoms with Gasteiger partial charge in [-0.1, -0.05) is 23.7 Å². The van der Waals surface area contributed by atoms with Gasteiger partial charge in [0.25, 0.3) is 5.91 Å². The van der Waals surface area contributed by atoms with E-state index in [-0.39, 0.29) is 22.7 Å². The van der Waals surface area contributed by atoms with E-state index in [4.69, 9.17) is 16.3 Å². The lowest BCUT2D eigenvalue weighted by Gasteiger charge is -2.15. The van der Waals surface area contributed by atoms with E-state index in [1.54, 1.807) is 6.92 Å². The minimum atomic E-state index is -0.329. The Bertz CT molecular complexity index is 676. The maximum absolute atomic E-state index is 12.3. The molecular weight excluding hydrogens is 302 g/mol. The van der Waals surface area contributed by atoms with Gasteiger partial charge >= 0.3 is 0 Å². The predicted molar refractivity (Wildman–Crippen MR) is 85.3 cm³/mol. The van der Waals surface area contributed by atoms with Crippen molar-refractivity contribution < 1.29 is 9.53 Å². The molecule has 0 saturated carbocycles. The second kappa shape index (κ2) is 7.22. The number of benzene rings is 1. The number of aromatic nitrogens is 2. The number of hydrogen-bond donors (Lipinski definition) is 1. The molecule has 1 N–H and O–H groups in total. The van der Waals surface area contributed by atoms with Crippen LogP contribution in [-0.2, 0) is 0 Å². The minimum absolute atomic E-state index is 0.182. The van der Waals surface area contributed by atoms with Gasteiger partial charge < -0.3 is 10.1 Å². The lowest BCUT2D eigenvalue weighted by Crippen LogP contribution is -2.28. The summed E-state index contributed by atoms with van der Waals surface area (Å²) >= 11 is 5.98. The fourth-order valence-corrected chi connectivity index (χ4v) is 2.18. The van der Waals surface area contributed by atoms with E-state index in [1.807, 2.05) is 38.1 Å². The molecule has 1 aromatic carbocycles. The maximum atomic E-state index is 12.3. The number of carbonyl (C=O) groups is 1. The molecule has 1 unspecified atom stereocenters. The number of amides is 1. The molecule has 0 bridgehead atoms. The standard InChI is InChI=1S/C16H18ClN3O2/c1-4-22-13-7-5-6-12(8-13)10(2)19-16(21)15-14(17)9-18-11(3)20-15/h5-10H,4H2,1-3H3,(H,19,21). The van der Waals surface area contributed by atoms with Crippen LogP contribution < -0.4 is 10.1 Å². The van der Waals surface area contributed by atoms with E-state index in [0.717, 1.165) is 11.3 Å². The Hall–Kier alpha value is -2.14. The quantitative estimate of drug-likeness (QED) is 0.918. The van der Waals surface area contributed by atoms with Crippen LogP contribution in [0, 0.1) is 6.92 Å². The monoisotopic (exact) mass is 319 g/mol. The smallest absolute Gasteiger partial charge is 0.272 e. The Morgan fingerprint density at radius 3 is 2.95 bits per heavy atom. The molecular formula is C16H18ClN3O2. The van der Waals surface area contributed by atoms with E-state index in [9.17, 15) is 4.79 Å². The molecule has 1 atom stereocenters. The molecule has 0 fully saturated rings. The summed E-state index contributed by atoms with van der Waals surface area (Å²) in [6.07, 6.45) is 1.43. The predicted octanol–water partition coefficient (Wildman–Crippen LogP) is 3.33. The summed E-state index contributed by atoms with van der Waals surface area (Å²) in [5.74, 6) is 0.947. The fraction of sp³-hybridized carbons (Fsp3) is 0.312. The first kappa shape index (κ1) is 16.2. The van der Waals surface area contributed by atoms with Crippen LogP contribution >= 0.6 is 11.6 Å². The zero-order valence-electron chi connectivity index (χ0n) is 12.8. The van der Waals surface area contributed by atoms with Gasteiger partial charge in [-0.15, -0.1) is 0 Å². The van der Waals surface area contributed by atoms with Gasteiger partial charge in [-0.2, -0.15) is 0 Å². The first-order chi connectivity index (χ1) is 10.5. The Labute approximate surface area is 134 Å². The van der Waals surface area contributed by atoms with Crippen LogP contribution in [0.2, 0.25) is 5.02 Å². The molecule has 0 spiro atoms. The summed E-state index contributed by atoms with van der Waals surface area (Å²) in [4.78, 5) is 20.3. The molecule has 0 saturated heterocycles. The number of nitrogens with zero attached hydrogens (tertiary/aromatic N) is 2. The number of hydrogen-bond acceptors (Lipinski definition) is 4. The molecule has 1 heterocycles. The van der Waals surface area contributed by atoms with Crippen molar-refractivity contribution in [3.8, 4) is 5.75 Å². The van der Waals surface area contributed by atoms with Crippen molar-refractivity contribution in [3.63, 3.8) is 0 Å². The van der Waals surface area contributed by atoms with Gasteiger partial charge in [0.05, 0.1) is 23.9 Å². The summed E-state index contributed by atoms with van der Waals surface area (Å²) < 4.78 is 5.47. The number of carbonyl (C=O) groups excluding carboxylic acids is 1. The Morgan fingerprint density at radius 1 is 1.45 bits per heavy atom. The highest BCUT2D eigenvalue weighted by Crippen LogP contribution is 2.20. The van der Waals surface area contributed by atoms with Crippen LogP contribution in [0.4, 0.5) is 0 Å². The van der Waals surface area contributed by atoms with E-state index >= 15 is 0 Å². The largest absolute Gasteiger partial charge is 0.494 e. The number of ether oxygens (including phenoxy) is 1. The van der Waals surface area contributed by atoms with Crippen LogP contribution in [0.15, 0.2) is 30.5 Å².